The van der Waals surface area contributed by atoms with Crippen molar-refractivity contribution in [1.82, 2.24) is 16.0 Å². The molecule has 12 nitrogen and oxygen atoms in total. The molecular formula is C25H40N6O6. The molecule has 206 valence electrons. The summed E-state index contributed by atoms with van der Waals surface area (Å²) < 4.78 is 5.11. The molecule has 1 aromatic rings. The number of unbranched alkanes of at least 4 members (excludes halogenated alkanes) is 2. The van der Waals surface area contributed by atoms with Gasteiger partial charge in [-0.15, -0.1) is 0 Å². The molecule has 0 bridgehead atoms. The highest BCUT2D eigenvalue weighted by Crippen LogP contribution is 2.23. The number of benzene rings is 1. The lowest BCUT2D eigenvalue weighted by Crippen LogP contribution is -2.54. The summed E-state index contributed by atoms with van der Waals surface area (Å²) >= 11 is 0. The van der Waals surface area contributed by atoms with Crippen molar-refractivity contribution >= 4 is 35.4 Å². The quantitative estimate of drug-likeness (QED) is 0.140. The SMILES string of the molecule is CCCCCC(=O)NC(C(=O)NC(CCCNC(N)=O)C(=O)C(OC(N)=O)c1ccc(N)cc1)C(C)C. The Labute approximate surface area is 217 Å². The number of ketones is 1. The van der Waals surface area contributed by atoms with E-state index in [4.69, 9.17) is 21.9 Å². The van der Waals surface area contributed by atoms with Gasteiger partial charge in [0.25, 0.3) is 0 Å². The second-order valence-electron chi connectivity index (χ2n) is 9.13. The normalized spacial score (nSPS) is 13.2. The van der Waals surface area contributed by atoms with Gasteiger partial charge in [-0.2, -0.15) is 0 Å². The lowest BCUT2D eigenvalue weighted by atomic mass is 9.95. The zero-order valence-corrected chi connectivity index (χ0v) is 21.8. The van der Waals surface area contributed by atoms with E-state index >= 15 is 0 Å². The Morgan fingerprint density at radius 2 is 1.59 bits per heavy atom. The largest absolute Gasteiger partial charge is 0.433 e. The Kier molecular flexibility index (Phi) is 13.5. The summed E-state index contributed by atoms with van der Waals surface area (Å²) in [6, 6.07) is 3.36. The number of carbonyl (C=O) groups is 5. The average molecular weight is 521 g/mol. The number of ether oxygens (including phenoxy) is 1. The molecule has 0 spiro atoms. The first-order chi connectivity index (χ1) is 17.5. The topological polar surface area (TPSA) is 209 Å². The van der Waals surface area contributed by atoms with Crippen molar-refractivity contribution in [2.24, 2.45) is 17.4 Å². The molecule has 5 amide bonds. The first kappa shape index (κ1) is 31.2. The zero-order valence-electron chi connectivity index (χ0n) is 21.8. The molecule has 1 rings (SSSR count). The first-order valence-electron chi connectivity index (χ1n) is 12.4. The molecule has 37 heavy (non-hydrogen) atoms. The molecule has 0 aliphatic heterocycles. The van der Waals surface area contributed by atoms with Crippen molar-refractivity contribution in [2.45, 2.75) is 77.5 Å². The molecule has 12 heteroatoms. The van der Waals surface area contributed by atoms with E-state index in [0.717, 1.165) is 12.8 Å². The van der Waals surface area contributed by atoms with Crippen LogP contribution in [0.3, 0.4) is 0 Å². The zero-order chi connectivity index (χ0) is 28.0. The molecule has 0 heterocycles. The van der Waals surface area contributed by atoms with Crippen LogP contribution in [0.2, 0.25) is 0 Å². The Morgan fingerprint density at radius 1 is 0.946 bits per heavy atom. The van der Waals surface area contributed by atoms with Crippen molar-refractivity contribution in [3.63, 3.8) is 0 Å². The highest BCUT2D eigenvalue weighted by molar-refractivity contribution is 5.96. The number of anilines is 1. The number of hydrogen-bond acceptors (Lipinski definition) is 7. The minimum atomic E-state index is -1.41. The monoisotopic (exact) mass is 520 g/mol. The summed E-state index contributed by atoms with van der Waals surface area (Å²) in [5.41, 5.74) is 16.8. The number of hydrogen-bond donors (Lipinski definition) is 6. The van der Waals surface area contributed by atoms with Gasteiger partial charge in [0.05, 0.1) is 6.04 Å². The molecule has 0 saturated heterocycles. The summed E-state index contributed by atoms with van der Waals surface area (Å²) in [5.74, 6) is -1.72. The van der Waals surface area contributed by atoms with Crippen LogP contribution >= 0.6 is 0 Å². The van der Waals surface area contributed by atoms with Crippen molar-refractivity contribution < 1.29 is 28.7 Å². The van der Waals surface area contributed by atoms with Crippen LogP contribution in [0.1, 0.15) is 71.0 Å². The average Bonchev–Trinajstić information content (AvgIpc) is 2.82. The summed E-state index contributed by atoms with van der Waals surface area (Å²) in [6.45, 7) is 5.73. The maximum absolute atomic E-state index is 13.5. The predicted molar refractivity (Wildman–Crippen MR) is 139 cm³/mol. The molecule has 0 saturated carbocycles. The highest BCUT2D eigenvalue weighted by Gasteiger charge is 2.34. The molecule has 1 aromatic carbocycles. The van der Waals surface area contributed by atoms with Gasteiger partial charge in [0.1, 0.15) is 6.04 Å². The van der Waals surface area contributed by atoms with E-state index in [1.807, 2.05) is 6.92 Å². The van der Waals surface area contributed by atoms with Crippen molar-refractivity contribution in [3.8, 4) is 0 Å². The summed E-state index contributed by atoms with van der Waals surface area (Å²) in [6.07, 6.45) is 0.637. The minimum absolute atomic E-state index is 0.0910. The number of Topliss-reactive ketones (excluding diaryl/α,β-unsaturated/α-hetero) is 1. The first-order valence-corrected chi connectivity index (χ1v) is 12.4. The van der Waals surface area contributed by atoms with Crippen LogP contribution in [0.5, 0.6) is 0 Å². The fourth-order valence-corrected chi connectivity index (χ4v) is 3.64. The summed E-state index contributed by atoms with van der Waals surface area (Å²) in [5, 5.41) is 7.86. The van der Waals surface area contributed by atoms with Crippen LogP contribution in [0, 0.1) is 5.92 Å². The molecule has 9 N–H and O–H groups in total. The van der Waals surface area contributed by atoms with Crippen LogP contribution in [0.4, 0.5) is 15.3 Å². The van der Waals surface area contributed by atoms with Gasteiger partial charge in [-0.05, 0) is 37.3 Å². The number of nitrogens with one attached hydrogen (secondary N) is 3. The van der Waals surface area contributed by atoms with Gasteiger partial charge in [0.2, 0.25) is 11.8 Å². The van der Waals surface area contributed by atoms with Crippen LogP contribution in [0.25, 0.3) is 0 Å². The van der Waals surface area contributed by atoms with Crippen LogP contribution in [-0.4, -0.2) is 48.4 Å². The molecule has 0 aromatic heterocycles. The maximum Gasteiger partial charge on any atom is 0.405 e. The van der Waals surface area contributed by atoms with Crippen LogP contribution in [-0.2, 0) is 19.1 Å². The second-order valence-corrected chi connectivity index (χ2v) is 9.13. The summed E-state index contributed by atoms with van der Waals surface area (Å²) in [7, 11) is 0. The maximum atomic E-state index is 13.5. The van der Waals surface area contributed by atoms with Crippen molar-refractivity contribution in [1.29, 1.82) is 0 Å². The van der Waals surface area contributed by atoms with Crippen LogP contribution < -0.4 is 33.2 Å². The number of rotatable bonds is 16. The lowest BCUT2D eigenvalue weighted by Gasteiger charge is -2.27. The van der Waals surface area contributed by atoms with E-state index in [-0.39, 0.29) is 37.6 Å². The lowest BCUT2D eigenvalue weighted by molar-refractivity contribution is -0.135. The molecule has 3 unspecified atom stereocenters. The number of nitrogen functional groups attached to an aromatic ring is 1. The predicted octanol–water partition coefficient (Wildman–Crippen LogP) is 1.63. The Balaban J connectivity index is 3.14. The molecule has 0 aliphatic carbocycles. The van der Waals surface area contributed by atoms with Gasteiger partial charge < -0.3 is 37.9 Å². The highest BCUT2D eigenvalue weighted by atomic mass is 16.6. The van der Waals surface area contributed by atoms with E-state index in [1.54, 1.807) is 13.8 Å². The van der Waals surface area contributed by atoms with Gasteiger partial charge in [-0.25, -0.2) is 9.59 Å². The van der Waals surface area contributed by atoms with Gasteiger partial charge in [0.15, 0.2) is 11.9 Å². The van der Waals surface area contributed by atoms with Gasteiger partial charge in [-0.1, -0.05) is 45.7 Å². The van der Waals surface area contributed by atoms with Crippen LogP contribution in [0.15, 0.2) is 24.3 Å². The van der Waals surface area contributed by atoms with Gasteiger partial charge in [0, 0.05) is 24.2 Å². The molecule has 0 radical (unpaired) electrons. The molecule has 0 fully saturated rings. The van der Waals surface area contributed by atoms with E-state index in [0.29, 0.717) is 17.7 Å². The van der Waals surface area contributed by atoms with E-state index in [1.165, 1.54) is 24.3 Å². The van der Waals surface area contributed by atoms with Crippen molar-refractivity contribution in [2.75, 3.05) is 12.3 Å². The Morgan fingerprint density at radius 3 is 2.14 bits per heavy atom. The number of amides is 5. The summed E-state index contributed by atoms with van der Waals surface area (Å²) in [4.78, 5) is 61.7. The standard InChI is InChI=1S/C25H40N6O6/c1-4-5-6-9-19(32)31-20(15(2)3)23(34)30-18(8-7-14-29-24(27)35)21(33)22(37-25(28)36)16-10-12-17(26)13-11-16/h10-13,15,18,20,22H,4-9,14,26H2,1-3H3,(H2,28,36)(H,30,34)(H,31,32)(H3,27,29,35). The smallest absolute Gasteiger partial charge is 0.405 e. The molecule has 3 atom stereocenters. The third kappa shape index (κ3) is 11.6. The second kappa shape index (κ2) is 16.0. The van der Waals surface area contributed by atoms with Crippen molar-refractivity contribution in [3.05, 3.63) is 29.8 Å². The number of primary amides is 2. The molecular weight excluding hydrogens is 480 g/mol. The number of carbonyl (C=O) groups excluding carboxylic acids is 5. The van der Waals surface area contributed by atoms with Gasteiger partial charge in [-0.3, -0.25) is 14.4 Å². The molecule has 0 aliphatic rings. The fourth-order valence-electron chi connectivity index (χ4n) is 3.64. The Bertz CT molecular complexity index is 921. The Hall–Kier alpha value is -3.83. The fraction of sp³-hybridized carbons (Fsp3) is 0.560. The van der Waals surface area contributed by atoms with E-state index in [9.17, 15) is 24.0 Å². The van der Waals surface area contributed by atoms with E-state index in [2.05, 4.69) is 16.0 Å². The number of nitrogens with two attached hydrogens (primary N) is 3. The third-order valence-electron chi connectivity index (χ3n) is 5.63. The van der Waals surface area contributed by atoms with Gasteiger partial charge >= 0.3 is 12.1 Å². The minimum Gasteiger partial charge on any atom is -0.433 e. The third-order valence-corrected chi connectivity index (χ3v) is 5.63. The number of urea groups is 1. The van der Waals surface area contributed by atoms with E-state index < -0.39 is 42.0 Å².